The monoisotopic (exact) mass is 228 g/mol. The van der Waals surface area contributed by atoms with Crippen molar-refractivity contribution in [3.8, 4) is 0 Å². The van der Waals surface area contributed by atoms with E-state index < -0.39 is 29.9 Å². The molecule has 0 bridgehead atoms. The molecule has 16 heavy (non-hydrogen) atoms. The molecule has 0 amide bonds. The van der Waals surface area contributed by atoms with Gasteiger partial charge in [0.2, 0.25) is 0 Å². The van der Waals surface area contributed by atoms with Crippen LogP contribution in [0.1, 0.15) is 6.92 Å². The number of ether oxygens (including phenoxy) is 1. The van der Waals surface area contributed by atoms with Gasteiger partial charge in [0.25, 0.3) is 0 Å². The molecule has 1 unspecified atom stereocenters. The van der Waals surface area contributed by atoms with Crippen LogP contribution in [0, 0.1) is 0 Å². The summed E-state index contributed by atoms with van der Waals surface area (Å²) in [6.07, 6.45) is 2.17. The van der Waals surface area contributed by atoms with Crippen molar-refractivity contribution in [1.82, 2.24) is 0 Å². The Balaban J connectivity index is 4.25. The summed E-state index contributed by atoms with van der Waals surface area (Å²) in [7, 11) is 0. The van der Waals surface area contributed by atoms with Crippen molar-refractivity contribution in [1.29, 1.82) is 0 Å². The van der Waals surface area contributed by atoms with Gasteiger partial charge in [0.1, 0.15) is 6.61 Å². The van der Waals surface area contributed by atoms with Crippen LogP contribution in [0.25, 0.3) is 0 Å². The first kappa shape index (κ1) is 14.1. The Labute approximate surface area is 91.8 Å². The second-order valence-electron chi connectivity index (χ2n) is 3.12. The number of carboxylic acid groups (broad SMARTS) is 1. The van der Waals surface area contributed by atoms with E-state index in [1.807, 2.05) is 0 Å². The summed E-state index contributed by atoms with van der Waals surface area (Å²) < 4.78 is 4.47. The van der Waals surface area contributed by atoms with Crippen LogP contribution >= 0.6 is 0 Å². The first-order valence-electron chi connectivity index (χ1n) is 4.26. The summed E-state index contributed by atoms with van der Waals surface area (Å²) in [6.45, 7) is 3.76. The number of hydrogen-bond donors (Lipinski definition) is 2. The van der Waals surface area contributed by atoms with E-state index in [-0.39, 0.29) is 0 Å². The number of aliphatic hydroxyl groups is 1. The molecule has 0 aliphatic rings. The number of ketones is 1. The Bertz CT molecular complexity index is 339. The molecule has 6 nitrogen and oxygen atoms in total. The lowest BCUT2D eigenvalue weighted by Gasteiger charge is -2.18. The van der Waals surface area contributed by atoms with Crippen molar-refractivity contribution in [2.45, 2.75) is 12.5 Å². The van der Waals surface area contributed by atoms with Crippen LogP contribution in [0.3, 0.4) is 0 Å². The highest BCUT2D eigenvalue weighted by atomic mass is 16.5. The number of hydrogen-bond acceptors (Lipinski definition) is 5. The maximum absolute atomic E-state index is 11.0. The van der Waals surface area contributed by atoms with Gasteiger partial charge >= 0.3 is 11.9 Å². The Morgan fingerprint density at radius 1 is 1.38 bits per heavy atom. The van der Waals surface area contributed by atoms with Gasteiger partial charge in [0.15, 0.2) is 11.4 Å². The summed E-state index contributed by atoms with van der Waals surface area (Å²) in [4.78, 5) is 32.0. The number of carbonyl (C=O) groups excluding carboxylic acids is 2. The molecule has 0 saturated carbocycles. The molecule has 0 fully saturated rings. The maximum Gasteiger partial charge on any atom is 0.331 e. The van der Waals surface area contributed by atoms with Crippen molar-refractivity contribution in [3.63, 3.8) is 0 Å². The van der Waals surface area contributed by atoms with Crippen LogP contribution in [0.4, 0.5) is 0 Å². The van der Waals surface area contributed by atoms with E-state index in [1.165, 1.54) is 0 Å². The summed E-state index contributed by atoms with van der Waals surface area (Å²) in [5, 5.41) is 17.7. The quantitative estimate of drug-likeness (QED) is 0.477. The molecule has 88 valence electrons. The number of carbonyl (C=O) groups is 3. The summed E-state index contributed by atoms with van der Waals surface area (Å²) >= 11 is 0. The van der Waals surface area contributed by atoms with Gasteiger partial charge in [-0.1, -0.05) is 6.58 Å². The molecule has 0 saturated heterocycles. The normalized spacial score (nSPS) is 14.1. The zero-order chi connectivity index (χ0) is 12.8. The van der Waals surface area contributed by atoms with Gasteiger partial charge in [-0.25, -0.2) is 9.59 Å². The van der Waals surface area contributed by atoms with Gasteiger partial charge in [0, 0.05) is 12.2 Å². The first-order valence-corrected chi connectivity index (χ1v) is 4.26. The van der Waals surface area contributed by atoms with Gasteiger partial charge in [-0.05, 0) is 13.0 Å². The third-order valence-electron chi connectivity index (χ3n) is 1.57. The van der Waals surface area contributed by atoms with Gasteiger partial charge in [-0.15, -0.1) is 0 Å². The topological polar surface area (TPSA) is 101 Å². The second-order valence-corrected chi connectivity index (χ2v) is 3.12. The summed E-state index contributed by atoms with van der Waals surface area (Å²) in [6, 6.07) is 0. The average Bonchev–Trinajstić information content (AvgIpc) is 2.22. The van der Waals surface area contributed by atoms with Gasteiger partial charge in [0.05, 0.1) is 0 Å². The van der Waals surface area contributed by atoms with Crippen LogP contribution in [0.5, 0.6) is 0 Å². The Hall–Kier alpha value is -1.95. The van der Waals surface area contributed by atoms with Crippen molar-refractivity contribution >= 4 is 17.7 Å². The molecule has 0 aliphatic carbocycles. The fourth-order valence-electron chi connectivity index (χ4n) is 0.690. The van der Waals surface area contributed by atoms with E-state index in [0.717, 1.165) is 13.0 Å². The summed E-state index contributed by atoms with van der Waals surface area (Å²) in [5.41, 5.74) is -1.85. The lowest BCUT2D eigenvalue weighted by Crippen LogP contribution is -2.39. The molecule has 1 atom stereocenters. The molecular weight excluding hydrogens is 216 g/mol. The molecule has 0 aliphatic heterocycles. The van der Waals surface area contributed by atoms with E-state index in [2.05, 4.69) is 11.3 Å². The number of carboxylic acids is 1. The fourth-order valence-corrected chi connectivity index (χ4v) is 0.690. The van der Waals surface area contributed by atoms with Crippen LogP contribution in [0.2, 0.25) is 0 Å². The third-order valence-corrected chi connectivity index (χ3v) is 1.57. The van der Waals surface area contributed by atoms with E-state index >= 15 is 0 Å². The number of esters is 1. The molecule has 0 heterocycles. The largest absolute Gasteiger partial charge is 0.478 e. The minimum absolute atomic E-state index is 0.569. The van der Waals surface area contributed by atoms with Crippen molar-refractivity contribution in [2.24, 2.45) is 0 Å². The molecule has 6 heteroatoms. The maximum atomic E-state index is 11.0. The fraction of sp³-hybridized carbons (Fsp3) is 0.300. The van der Waals surface area contributed by atoms with E-state index in [0.29, 0.717) is 12.2 Å². The molecular formula is C10H12O6. The minimum atomic E-state index is -1.85. The van der Waals surface area contributed by atoms with E-state index in [4.69, 9.17) is 5.11 Å². The molecule has 0 aromatic rings. The molecule has 0 aromatic carbocycles. The standard InChI is InChI=1S/C10H12O6/c1-3-7(11)10(2,15)6-16-9(14)5-4-8(12)13/h3-5,15H,1,6H2,2H3,(H,12,13)/b5-4-. The lowest BCUT2D eigenvalue weighted by atomic mass is 10.0. The molecule has 2 N–H and O–H groups in total. The minimum Gasteiger partial charge on any atom is -0.478 e. The molecule has 0 radical (unpaired) electrons. The molecule has 0 rings (SSSR count). The highest BCUT2D eigenvalue weighted by molar-refractivity contribution is 5.96. The van der Waals surface area contributed by atoms with E-state index in [9.17, 15) is 19.5 Å². The van der Waals surface area contributed by atoms with Crippen LogP contribution in [0.15, 0.2) is 24.8 Å². The van der Waals surface area contributed by atoms with Gasteiger partial charge < -0.3 is 14.9 Å². The number of aliphatic carboxylic acids is 1. The smallest absolute Gasteiger partial charge is 0.331 e. The van der Waals surface area contributed by atoms with E-state index in [1.54, 1.807) is 0 Å². The summed E-state index contributed by atoms with van der Waals surface area (Å²) in [5.74, 6) is -2.95. The van der Waals surface area contributed by atoms with Crippen molar-refractivity contribution in [2.75, 3.05) is 6.61 Å². The van der Waals surface area contributed by atoms with Crippen molar-refractivity contribution < 1.29 is 29.3 Å². The molecule has 0 aromatic heterocycles. The lowest BCUT2D eigenvalue weighted by molar-refractivity contribution is -0.150. The molecule has 0 spiro atoms. The van der Waals surface area contributed by atoms with Crippen LogP contribution < -0.4 is 0 Å². The zero-order valence-electron chi connectivity index (χ0n) is 8.67. The second kappa shape index (κ2) is 5.82. The SMILES string of the molecule is C=CC(=O)C(C)(O)COC(=O)/C=C\C(=O)O. The Morgan fingerprint density at radius 3 is 2.38 bits per heavy atom. The Morgan fingerprint density at radius 2 is 1.94 bits per heavy atom. The van der Waals surface area contributed by atoms with Crippen molar-refractivity contribution in [3.05, 3.63) is 24.8 Å². The zero-order valence-corrected chi connectivity index (χ0v) is 8.67. The van der Waals surface area contributed by atoms with Gasteiger partial charge in [-0.3, -0.25) is 4.79 Å². The Kier molecular flexibility index (Phi) is 5.11. The highest BCUT2D eigenvalue weighted by Crippen LogP contribution is 2.06. The van der Waals surface area contributed by atoms with Crippen LogP contribution in [-0.4, -0.2) is 40.1 Å². The highest BCUT2D eigenvalue weighted by Gasteiger charge is 2.29. The van der Waals surface area contributed by atoms with Crippen LogP contribution in [-0.2, 0) is 19.1 Å². The predicted molar refractivity (Wildman–Crippen MR) is 53.6 cm³/mol. The third kappa shape index (κ3) is 5.06. The number of rotatable bonds is 6. The first-order chi connectivity index (χ1) is 7.29. The predicted octanol–water partition coefficient (Wildman–Crippen LogP) is -0.324. The average molecular weight is 228 g/mol. The van der Waals surface area contributed by atoms with Gasteiger partial charge in [-0.2, -0.15) is 0 Å².